The van der Waals surface area contributed by atoms with Crippen molar-refractivity contribution in [3.8, 4) is 5.75 Å². The standard InChI is InChI=1S/C21H25BrN4O2S.ClH/c1-14-12-15(22)13-16(19(14)28-3)20(27)24-21(29)23-17-6-4-5-7-18(17)26-10-8-25(2)9-11-26;/h4-7,12-13H,8-11H2,1-3H3,(H2,23,24,27,29);1H. The zero-order valence-electron chi connectivity index (χ0n) is 17.2. The Balaban J connectivity index is 0.00000320. The molecule has 1 aliphatic rings. The molecule has 0 bridgehead atoms. The van der Waals surface area contributed by atoms with Gasteiger partial charge in [-0.05, 0) is 56.0 Å². The maximum absolute atomic E-state index is 12.8. The third-order valence-electron chi connectivity index (χ3n) is 4.91. The van der Waals surface area contributed by atoms with Crippen LogP contribution in [0.15, 0.2) is 40.9 Å². The molecular weight excluding hydrogens is 488 g/mol. The summed E-state index contributed by atoms with van der Waals surface area (Å²) in [5.41, 5.74) is 3.25. The van der Waals surface area contributed by atoms with Crippen molar-refractivity contribution < 1.29 is 9.53 Å². The maximum atomic E-state index is 12.8. The van der Waals surface area contributed by atoms with Crippen LogP contribution in [0, 0.1) is 6.92 Å². The SMILES string of the molecule is COc1c(C)cc(Br)cc1C(=O)NC(=S)Nc1ccccc1N1CCN(C)CC1.Cl. The van der Waals surface area contributed by atoms with Crippen LogP contribution >= 0.6 is 40.6 Å². The summed E-state index contributed by atoms with van der Waals surface area (Å²) in [4.78, 5) is 17.4. The van der Waals surface area contributed by atoms with Gasteiger partial charge in [-0.3, -0.25) is 10.1 Å². The highest BCUT2D eigenvalue weighted by atomic mass is 79.9. The topological polar surface area (TPSA) is 56.8 Å². The number of para-hydroxylation sites is 2. The largest absolute Gasteiger partial charge is 0.496 e. The van der Waals surface area contributed by atoms with Crippen LogP contribution in [-0.4, -0.2) is 56.3 Å². The zero-order valence-corrected chi connectivity index (χ0v) is 20.4. The van der Waals surface area contributed by atoms with Crippen LogP contribution in [0.25, 0.3) is 0 Å². The van der Waals surface area contributed by atoms with E-state index in [2.05, 4.69) is 49.5 Å². The average Bonchev–Trinajstić information content (AvgIpc) is 2.68. The number of ether oxygens (including phenoxy) is 1. The Hall–Kier alpha value is -1.87. The first-order chi connectivity index (χ1) is 13.9. The van der Waals surface area contributed by atoms with Crippen LogP contribution < -0.4 is 20.3 Å². The molecule has 1 heterocycles. The Labute approximate surface area is 197 Å². The van der Waals surface area contributed by atoms with Gasteiger partial charge in [-0.1, -0.05) is 28.1 Å². The second kappa shape index (κ2) is 10.9. The summed E-state index contributed by atoms with van der Waals surface area (Å²) in [5.74, 6) is 0.215. The highest BCUT2D eigenvalue weighted by Gasteiger charge is 2.19. The van der Waals surface area contributed by atoms with Gasteiger partial charge in [-0.15, -0.1) is 12.4 Å². The van der Waals surface area contributed by atoms with Crippen LogP contribution in [0.1, 0.15) is 15.9 Å². The molecule has 0 aromatic heterocycles. The third-order valence-corrected chi connectivity index (χ3v) is 5.57. The van der Waals surface area contributed by atoms with Crippen LogP contribution in [0.5, 0.6) is 5.75 Å². The number of anilines is 2. The predicted molar refractivity (Wildman–Crippen MR) is 133 cm³/mol. The van der Waals surface area contributed by atoms with E-state index in [0.717, 1.165) is 47.6 Å². The lowest BCUT2D eigenvalue weighted by Crippen LogP contribution is -2.45. The van der Waals surface area contributed by atoms with Gasteiger partial charge in [-0.2, -0.15) is 0 Å². The molecule has 2 aromatic carbocycles. The van der Waals surface area contributed by atoms with Gasteiger partial charge >= 0.3 is 0 Å². The van der Waals surface area contributed by atoms with E-state index in [-0.39, 0.29) is 23.4 Å². The van der Waals surface area contributed by atoms with Gasteiger partial charge in [0.2, 0.25) is 0 Å². The number of benzene rings is 2. The first-order valence-corrected chi connectivity index (χ1v) is 10.6. The van der Waals surface area contributed by atoms with Gasteiger partial charge in [0.05, 0.1) is 24.0 Å². The van der Waals surface area contributed by atoms with Gasteiger partial charge < -0.3 is 19.9 Å². The van der Waals surface area contributed by atoms with Crippen LogP contribution in [0.3, 0.4) is 0 Å². The Kier molecular flexibility index (Phi) is 8.91. The molecule has 1 aliphatic heterocycles. The summed E-state index contributed by atoms with van der Waals surface area (Å²) in [6.45, 7) is 5.81. The summed E-state index contributed by atoms with van der Waals surface area (Å²) in [7, 11) is 3.68. The van der Waals surface area contributed by atoms with Crippen LogP contribution in [0.2, 0.25) is 0 Å². The molecule has 30 heavy (non-hydrogen) atoms. The van der Waals surface area contributed by atoms with Crippen molar-refractivity contribution in [2.75, 3.05) is 50.6 Å². The fourth-order valence-corrected chi connectivity index (χ4v) is 4.17. The van der Waals surface area contributed by atoms with Gasteiger partial charge in [-0.25, -0.2) is 0 Å². The summed E-state index contributed by atoms with van der Waals surface area (Å²) in [5, 5.41) is 6.19. The number of aryl methyl sites for hydroxylation is 1. The van der Waals surface area contributed by atoms with Crippen molar-refractivity contribution in [2.45, 2.75) is 6.92 Å². The lowest BCUT2D eigenvalue weighted by atomic mass is 10.1. The summed E-state index contributed by atoms with van der Waals surface area (Å²) < 4.78 is 6.21. The molecule has 3 rings (SSSR count). The minimum atomic E-state index is -0.319. The molecule has 0 aliphatic carbocycles. The minimum absolute atomic E-state index is 0. The molecule has 0 unspecified atom stereocenters. The van der Waals surface area contributed by atoms with Gasteiger partial charge in [0.15, 0.2) is 5.11 Å². The van der Waals surface area contributed by atoms with Gasteiger partial charge in [0, 0.05) is 30.7 Å². The molecule has 6 nitrogen and oxygen atoms in total. The number of nitrogens with one attached hydrogen (secondary N) is 2. The Bertz CT molecular complexity index is 920. The average molecular weight is 514 g/mol. The maximum Gasteiger partial charge on any atom is 0.261 e. The van der Waals surface area contributed by atoms with E-state index in [1.165, 1.54) is 0 Å². The molecule has 162 valence electrons. The fourth-order valence-electron chi connectivity index (χ4n) is 3.40. The quantitative estimate of drug-likeness (QED) is 0.601. The number of likely N-dealkylation sites (N-methyl/N-ethyl adjacent to an activating group) is 1. The highest BCUT2D eigenvalue weighted by Crippen LogP contribution is 2.28. The van der Waals surface area contributed by atoms with E-state index < -0.39 is 0 Å². The zero-order chi connectivity index (χ0) is 21.0. The van der Waals surface area contributed by atoms with Crippen molar-refractivity contribution >= 4 is 62.9 Å². The lowest BCUT2D eigenvalue weighted by Gasteiger charge is -2.35. The molecule has 2 aromatic rings. The number of piperazine rings is 1. The van der Waals surface area contributed by atoms with Crippen molar-refractivity contribution in [1.29, 1.82) is 0 Å². The number of rotatable bonds is 4. The molecule has 1 amide bonds. The minimum Gasteiger partial charge on any atom is -0.496 e. The Morgan fingerprint density at radius 1 is 1.17 bits per heavy atom. The second-order valence-corrected chi connectivity index (χ2v) is 8.34. The van der Waals surface area contributed by atoms with Gasteiger partial charge in [0.25, 0.3) is 5.91 Å². The number of halogens is 2. The van der Waals surface area contributed by atoms with Crippen molar-refractivity contribution in [1.82, 2.24) is 10.2 Å². The third kappa shape index (κ3) is 5.85. The first kappa shape index (κ1) is 24.4. The number of amides is 1. The Morgan fingerprint density at radius 2 is 1.83 bits per heavy atom. The molecule has 0 radical (unpaired) electrons. The number of hydrogen-bond donors (Lipinski definition) is 2. The molecule has 1 saturated heterocycles. The van der Waals surface area contributed by atoms with Crippen molar-refractivity contribution in [2.24, 2.45) is 0 Å². The summed E-state index contributed by atoms with van der Waals surface area (Å²) in [6.07, 6.45) is 0. The molecule has 0 saturated carbocycles. The molecule has 1 fully saturated rings. The molecule has 9 heteroatoms. The van der Waals surface area contributed by atoms with Crippen LogP contribution in [-0.2, 0) is 0 Å². The van der Waals surface area contributed by atoms with E-state index in [9.17, 15) is 4.79 Å². The van der Waals surface area contributed by atoms with E-state index >= 15 is 0 Å². The van der Waals surface area contributed by atoms with E-state index in [4.69, 9.17) is 17.0 Å². The molecule has 2 N–H and O–H groups in total. The number of hydrogen-bond acceptors (Lipinski definition) is 5. The number of nitrogens with zero attached hydrogens (tertiary/aromatic N) is 2. The van der Waals surface area contributed by atoms with Crippen molar-refractivity contribution in [3.05, 3.63) is 52.0 Å². The molecule has 0 spiro atoms. The Morgan fingerprint density at radius 3 is 2.50 bits per heavy atom. The second-order valence-electron chi connectivity index (χ2n) is 7.02. The lowest BCUT2D eigenvalue weighted by molar-refractivity contribution is 0.0974. The van der Waals surface area contributed by atoms with E-state index in [1.54, 1.807) is 13.2 Å². The summed E-state index contributed by atoms with van der Waals surface area (Å²) in [6, 6.07) is 11.6. The number of methoxy groups -OCH3 is 1. The van der Waals surface area contributed by atoms with Crippen LogP contribution in [0.4, 0.5) is 11.4 Å². The van der Waals surface area contributed by atoms with Gasteiger partial charge in [0.1, 0.15) is 5.75 Å². The fraction of sp³-hybridized carbons (Fsp3) is 0.333. The highest BCUT2D eigenvalue weighted by molar-refractivity contribution is 9.10. The molecule has 0 atom stereocenters. The molecular formula is C21H26BrClN4O2S. The number of carbonyl (C=O) groups excluding carboxylic acids is 1. The number of thiocarbonyl (C=S) groups is 1. The first-order valence-electron chi connectivity index (χ1n) is 9.38. The van der Waals surface area contributed by atoms with E-state index in [0.29, 0.717) is 11.3 Å². The monoisotopic (exact) mass is 512 g/mol. The number of carbonyl (C=O) groups is 1. The normalized spacial score (nSPS) is 13.9. The smallest absolute Gasteiger partial charge is 0.261 e. The van der Waals surface area contributed by atoms with Crippen molar-refractivity contribution in [3.63, 3.8) is 0 Å². The van der Waals surface area contributed by atoms with E-state index in [1.807, 2.05) is 31.2 Å². The summed E-state index contributed by atoms with van der Waals surface area (Å²) >= 11 is 8.84. The predicted octanol–water partition coefficient (Wildman–Crippen LogP) is 4.07.